The number of amides is 2. The Morgan fingerprint density at radius 1 is 0.960 bits per heavy atom. The lowest BCUT2D eigenvalue weighted by atomic mass is 10.1. The minimum atomic E-state index is -0.278. The molecule has 0 bridgehead atoms. The van der Waals surface area contributed by atoms with E-state index >= 15 is 0 Å². The molecule has 0 atom stereocenters. The van der Waals surface area contributed by atoms with Crippen LogP contribution in [0.25, 0.3) is 0 Å². The molecule has 1 aliphatic carbocycles. The average Bonchev–Trinajstić information content (AvgIpc) is 3.15. The molecule has 0 aromatic heterocycles. The van der Waals surface area contributed by atoms with Crippen molar-refractivity contribution < 1.29 is 14.3 Å². The van der Waals surface area contributed by atoms with E-state index in [1.54, 1.807) is 43.5 Å². The summed E-state index contributed by atoms with van der Waals surface area (Å²) < 4.78 is 5.24. The van der Waals surface area contributed by atoms with Gasteiger partial charge in [0.2, 0.25) is 0 Å². The minimum absolute atomic E-state index is 0.126. The first-order chi connectivity index (χ1) is 12.2. The predicted molar refractivity (Wildman–Crippen MR) is 97.1 cm³/mol. The van der Waals surface area contributed by atoms with Crippen molar-refractivity contribution in [2.75, 3.05) is 12.4 Å². The van der Waals surface area contributed by atoms with Crippen molar-refractivity contribution in [3.63, 3.8) is 0 Å². The van der Waals surface area contributed by atoms with E-state index in [9.17, 15) is 9.59 Å². The quantitative estimate of drug-likeness (QED) is 0.875. The maximum Gasteiger partial charge on any atom is 0.255 e. The molecular formula is C20H22N2O3. The molecule has 2 aromatic rings. The second-order valence-electron chi connectivity index (χ2n) is 6.19. The third kappa shape index (κ3) is 4.18. The highest BCUT2D eigenvalue weighted by molar-refractivity contribution is 6.06. The Labute approximate surface area is 147 Å². The van der Waals surface area contributed by atoms with E-state index in [4.69, 9.17) is 4.74 Å². The van der Waals surface area contributed by atoms with Gasteiger partial charge in [-0.05, 0) is 43.2 Å². The van der Waals surface area contributed by atoms with E-state index in [-0.39, 0.29) is 17.9 Å². The molecule has 130 valence electrons. The van der Waals surface area contributed by atoms with Crippen molar-refractivity contribution in [2.24, 2.45) is 0 Å². The van der Waals surface area contributed by atoms with Gasteiger partial charge in [0.15, 0.2) is 0 Å². The van der Waals surface area contributed by atoms with E-state index in [0.717, 1.165) is 25.7 Å². The monoisotopic (exact) mass is 338 g/mol. The van der Waals surface area contributed by atoms with Gasteiger partial charge >= 0.3 is 0 Å². The zero-order chi connectivity index (χ0) is 17.6. The highest BCUT2D eigenvalue weighted by Gasteiger charge is 2.18. The molecule has 0 heterocycles. The van der Waals surface area contributed by atoms with E-state index in [0.29, 0.717) is 22.6 Å². The first-order valence-electron chi connectivity index (χ1n) is 8.52. The highest BCUT2D eigenvalue weighted by atomic mass is 16.5. The molecule has 0 radical (unpaired) electrons. The number of hydrogen-bond acceptors (Lipinski definition) is 3. The van der Waals surface area contributed by atoms with E-state index in [2.05, 4.69) is 10.6 Å². The summed E-state index contributed by atoms with van der Waals surface area (Å²) in [4.78, 5) is 24.9. The number of anilines is 1. The molecule has 0 aliphatic heterocycles. The van der Waals surface area contributed by atoms with Crippen molar-refractivity contribution in [1.82, 2.24) is 5.32 Å². The Morgan fingerprint density at radius 3 is 2.36 bits per heavy atom. The number of para-hydroxylation sites is 2. The maximum atomic E-state index is 12.5. The maximum absolute atomic E-state index is 12.5. The van der Waals surface area contributed by atoms with Gasteiger partial charge in [0.05, 0.1) is 12.8 Å². The minimum Gasteiger partial charge on any atom is -0.495 e. The topological polar surface area (TPSA) is 67.4 Å². The van der Waals surface area contributed by atoms with Gasteiger partial charge in [0.1, 0.15) is 5.75 Å². The number of methoxy groups -OCH3 is 1. The number of benzene rings is 2. The van der Waals surface area contributed by atoms with Crippen LogP contribution in [0.3, 0.4) is 0 Å². The molecule has 2 N–H and O–H groups in total. The number of carbonyl (C=O) groups is 2. The van der Waals surface area contributed by atoms with Crippen LogP contribution in [0.2, 0.25) is 0 Å². The normalized spacial score (nSPS) is 14.1. The molecule has 1 saturated carbocycles. The van der Waals surface area contributed by atoms with E-state index in [1.165, 1.54) is 0 Å². The van der Waals surface area contributed by atoms with Crippen LogP contribution in [0.1, 0.15) is 46.4 Å². The summed E-state index contributed by atoms with van der Waals surface area (Å²) in [6, 6.07) is 14.2. The first-order valence-corrected chi connectivity index (χ1v) is 8.52. The lowest BCUT2D eigenvalue weighted by molar-refractivity contribution is 0.0938. The van der Waals surface area contributed by atoms with Crippen LogP contribution in [0.5, 0.6) is 5.75 Å². The number of carbonyl (C=O) groups excluding carboxylic acids is 2. The Bertz CT molecular complexity index is 767. The summed E-state index contributed by atoms with van der Waals surface area (Å²) >= 11 is 0. The van der Waals surface area contributed by atoms with Crippen molar-refractivity contribution >= 4 is 17.5 Å². The Balaban J connectivity index is 1.71. The molecule has 2 amide bonds. The van der Waals surface area contributed by atoms with Crippen LogP contribution in [0.15, 0.2) is 48.5 Å². The molecule has 5 nitrogen and oxygen atoms in total. The second-order valence-corrected chi connectivity index (χ2v) is 6.19. The predicted octanol–water partition coefficient (Wildman–Crippen LogP) is 3.62. The SMILES string of the molecule is COc1ccccc1NC(=O)c1cccc(C(=O)NC2CCCC2)c1. The Kier molecular flexibility index (Phi) is 5.33. The molecule has 0 unspecified atom stereocenters. The number of rotatable bonds is 5. The Hall–Kier alpha value is -2.82. The molecule has 5 heteroatoms. The third-order valence-corrected chi connectivity index (χ3v) is 4.43. The van der Waals surface area contributed by atoms with Crippen LogP contribution in [0, 0.1) is 0 Å². The van der Waals surface area contributed by atoms with Gasteiger partial charge in [0, 0.05) is 17.2 Å². The van der Waals surface area contributed by atoms with Gasteiger partial charge in [-0.15, -0.1) is 0 Å². The summed E-state index contributed by atoms with van der Waals surface area (Å²) in [5.74, 6) is 0.185. The smallest absolute Gasteiger partial charge is 0.255 e. The van der Waals surface area contributed by atoms with Crippen molar-refractivity contribution in [1.29, 1.82) is 0 Å². The zero-order valence-corrected chi connectivity index (χ0v) is 14.2. The molecule has 0 spiro atoms. The molecule has 2 aromatic carbocycles. The zero-order valence-electron chi connectivity index (χ0n) is 14.2. The number of hydrogen-bond donors (Lipinski definition) is 2. The molecule has 25 heavy (non-hydrogen) atoms. The lowest BCUT2D eigenvalue weighted by Crippen LogP contribution is -2.32. The number of ether oxygens (including phenoxy) is 1. The Morgan fingerprint density at radius 2 is 1.64 bits per heavy atom. The summed E-state index contributed by atoms with van der Waals surface area (Å²) in [5, 5.41) is 5.86. The molecular weight excluding hydrogens is 316 g/mol. The fourth-order valence-electron chi connectivity index (χ4n) is 3.08. The van der Waals surface area contributed by atoms with Crippen LogP contribution in [-0.4, -0.2) is 25.0 Å². The van der Waals surface area contributed by atoms with Crippen LogP contribution >= 0.6 is 0 Å². The summed E-state index contributed by atoms with van der Waals surface area (Å²) in [6.07, 6.45) is 4.37. The summed E-state index contributed by atoms with van der Waals surface area (Å²) in [7, 11) is 1.55. The summed E-state index contributed by atoms with van der Waals surface area (Å²) in [6.45, 7) is 0. The van der Waals surface area contributed by atoms with Crippen LogP contribution in [-0.2, 0) is 0 Å². The average molecular weight is 338 g/mol. The van der Waals surface area contributed by atoms with Gasteiger partial charge < -0.3 is 15.4 Å². The summed E-state index contributed by atoms with van der Waals surface area (Å²) in [5.41, 5.74) is 1.53. The van der Waals surface area contributed by atoms with Crippen LogP contribution < -0.4 is 15.4 Å². The standard InChI is InChI=1S/C20H22N2O3/c1-25-18-12-5-4-11-17(18)22-20(24)15-8-6-7-14(13-15)19(23)21-16-9-2-3-10-16/h4-8,11-13,16H,2-3,9-10H2,1H3,(H,21,23)(H,22,24). The first kappa shape index (κ1) is 17.0. The van der Waals surface area contributed by atoms with Gasteiger partial charge in [-0.2, -0.15) is 0 Å². The van der Waals surface area contributed by atoms with Gasteiger partial charge in [-0.3, -0.25) is 9.59 Å². The third-order valence-electron chi connectivity index (χ3n) is 4.43. The fraction of sp³-hybridized carbons (Fsp3) is 0.300. The van der Waals surface area contributed by atoms with Crippen LogP contribution in [0.4, 0.5) is 5.69 Å². The van der Waals surface area contributed by atoms with Crippen molar-refractivity contribution in [3.8, 4) is 5.75 Å². The van der Waals surface area contributed by atoms with E-state index < -0.39 is 0 Å². The molecule has 3 rings (SSSR count). The lowest BCUT2D eigenvalue weighted by Gasteiger charge is -2.13. The van der Waals surface area contributed by atoms with Gasteiger partial charge in [0.25, 0.3) is 11.8 Å². The molecule has 1 fully saturated rings. The second kappa shape index (κ2) is 7.83. The highest BCUT2D eigenvalue weighted by Crippen LogP contribution is 2.24. The van der Waals surface area contributed by atoms with Crippen molar-refractivity contribution in [3.05, 3.63) is 59.7 Å². The number of nitrogens with one attached hydrogen (secondary N) is 2. The van der Waals surface area contributed by atoms with E-state index in [1.807, 2.05) is 12.1 Å². The molecule has 1 aliphatic rings. The van der Waals surface area contributed by atoms with Gasteiger partial charge in [-0.25, -0.2) is 0 Å². The van der Waals surface area contributed by atoms with Crippen molar-refractivity contribution in [2.45, 2.75) is 31.7 Å². The fourth-order valence-corrected chi connectivity index (χ4v) is 3.08. The molecule has 0 saturated heterocycles. The largest absolute Gasteiger partial charge is 0.495 e. The van der Waals surface area contributed by atoms with Gasteiger partial charge in [-0.1, -0.05) is 31.0 Å².